The maximum Gasteiger partial charge on any atom is 0.193 e. The van der Waals surface area contributed by atoms with Gasteiger partial charge in [-0.25, -0.2) is 0 Å². The molecule has 1 aliphatic rings. The van der Waals surface area contributed by atoms with Crippen LogP contribution in [0.2, 0.25) is 0 Å². The van der Waals surface area contributed by atoms with Gasteiger partial charge in [-0.2, -0.15) is 5.10 Å². The van der Waals surface area contributed by atoms with E-state index in [1.807, 2.05) is 0 Å². The van der Waals surface area contributed by atoms with Gasteiger partial charge in [0.2, 0.25) is 0 Å². The first kappa shape index (κ1) is 3.33. The summed E-state index contributed by atoms with van der Waals surface area (Å²) in [6.07, 6.45) is 4.14. The third kappa shape index (κ3) is 0.544. The first-order chi connectivity index (χ1) is 3.00. The number of rotatable bonds is 0. The topological polar surface area (TPSA) is 36.8 Å². The molecule has 6 heavy (non-hydrogen) atoms. The average Bonchev–Trinajstić information content (AvgIpc) is 1.72. The minimum absolute atomic E-state index is 0.753. The predicted molar refractivity (Wildman–Crippen MR) is 23.9 cm³/mol. The van der Waals surface area contributed by atoms with E-state index in [4.69, 9.17) is 0 Å². The standard InChI is InChI=1S/C3H4N3/c1-2-5-6-3-4-1/h2H,1H2,(H,4,6). The van der Waals surface area contributed by atoms with E-state index >= 15 is 0 Å². The van der Waals surface area contributed by atoms with Gasteiger partial charge >= 0.3 is 0 Å². The number of nitrogens with one attached hydrogen (secondary N) is 1. The molecule has 0 atom stereocenters. The van der Waals surface area contributed by atoms with Crippen LogP contribution in [0.25, 0.3) is 0 Å². The van der Waals surface area contributed by atoms with Gasteiger partial charge < -0.3 is 5.32 Å². The summed E-state index contributed by atoms with van der Waals surface area (Å²) in [5.41, 5.74) is 0. The van der Waals surface area contributed by atoms with Crippen molar-refractivity contribution in [2.75, 3.05) is 6.54 Å². The summed E-state index contributed by atoms with van der Waals surface area (Å²) in [6.45, 7) is 0.753. The molecule has 0 aromatic heterocycles. The highest BCUT2D eigenvalue weighted by Crippen LogP contribution is 1.67. The van der Waals surface area contributed by atoms with E-state index in [0.29, 0.717) is 0 Å². The van der Waals surface area contributed by atoms with Crippen molar-refractivity contribution in [2.45, 2.75) is 0 Å². The van der Waals surface area contributed by atoms with Crippen molar-refractivity contribution >= 4 is 12.6 Å². The summed E-state index contributed by atoms with van der Waals surface area (Å²) < 4.78 is 0. The summed E-state index contributed by atoms with van der Waals surface area (Å²) in [7, 11) is 0. The molecule has 0 saturated heterocycles. The number of hydrogen-bond acceptors (Lipinski definition) is 3. The largest absolute Gasteiger partial charge is 0.360 e. The van der Waals surface area contributed by atoms with Crippen molar-refractivity contribution in [1.82, 2.24) is 5.32 Å². The number of hydrogen-bond donors (Lipinski definition) is 1. The summed E-state index contributed by atoms with van der Waals surface area (Å²) >= 11 is 0. The third-order valence-electron chi connectivity index (χ3n) is 0.462. The zero-order chi connectivity index (χ0) is 4.24. The maximum absolute atomic E-state index is 3.50. The molecule has 1 radical (unpaired) electrons. The van der Waals surface area contributed by atoms with E-state index in [1.54, 1.807) is 6.21 Å². The highest BCUT2D eigenvalue weighted by atomic mass is 15.2. The van der Waals surface area contributed by atoms with Crippen molar-refractivity contribution in [3.8, 4) is 0 Å². The molecule has 31 valence electrons. The Kier molecular flexibility index (Phi) is 0.859. The first-order valence-corrected chi connectivity index (χ1v) is 1.69. The van der Waals surface area contributed by atoms with Crippen LogP contribution in [0.4, 0.5) is 0 Å². The van der Waals surface area contributed by atoms with Crippen LogP contribution in [0.3, 0.4) is 0 Å². The van der Waals surface area contributed by atoms with Crippen molar-refractivity contribution in [3.63, 3.8) is 0 Å². The second kappa shape index (κ2) is 1.55. The Morgan fingerprint density at radius 1 is 1.83 bits per heavy atom. The molecule has 1 N–H and O–H groups in total. The number of nitrogens with zero attached hydrogens (tertiary/aromatic N) is 2. The van der Waals surface area contributed by atoms with E-state index in [0.717, 1.165) is 6.54 Å². The molecular weight excluding hydrogens is 78.1 g/mol. The fourth-order valence-electron chi connectivity index (χ4n) is 0.237. The third-order valence-corrected chi connectivity index (χ3v) is 0.462. The van der Waals surface area contributed by atoms with Crippen LogP contribution < -0.4 is 5.32 Å². The highest BCUT2D eigenvalue weighted by Gasteiger charge is 1.77. The molecule has 0 amide bonds. The van der Waals surface area contributed by atoms with Gasteiger partial charge in [-0.05, 0) is 0 Å². The lowest BCUT2D eigenvalue weighted by atomic mass is 10.7. The minimum atomic E-state index is 0.753. The predicted octanol–water partition coefficient (Wildman–Crippen LogP) is -0.519. The second-order valence-corrected chi connectivity index (χ2v) is 0.891. The molecule has 0 aliphatic carbocycles. The van der Waals surface area contributed by atoms with Gasteiger partial charge in [0.15, 0.2) is 6.34 Å². The molecule has 1 heterocycles. The van der Waals surface area contributed by atoms with Crippen LogP contribution in [-0.4, -0.2) is 19.1 Å². The van der Waals surface area contributed by atoms with Crippen LogP contribution in [0.15, 0.2) is 10.2 Å². The fraction of sp³-hybridized carbons (Fsp3) is 0.333. The van der Waals surface area contributed by atoms with Crippen molar-refractivity contribution in [2.24, 2.45) is 10.2 Å². The Morgan fingerprint density at radius 2 is 2.83 bits per heavy atom. The summed E-state index contributed by atoms with van der Waals surface area (Å²) in [4.78, 5) is 0. The molecule has 0 unspecified atom stereocenters. The molecule has 0 aromatic carbocycles. The minimum Gasteiger partial charge on any atom is -0.360 e. The quantitative estimate of drug-likeness (QED) is 0.419. The average molecular weight is 82.1 g/mol. The van der Waals surface area contributed by atoms with Crippen LogP contribution in [0.1, 0.15) is 0 Å². The SMILES string of the molecule is [C]1=NN=CCN1. The second-order valence-electron chi connectivity index (χ2n) is 0.891. The van der Waals surface area contributed by atoms with Gasteiger partial charge in [-0.1, -0.05) is 0 Å². The van der Waals surface area contributed by atoms with Crippen molar-refractivity contribution in [1.29, 1.82) is 0 Å². The zero-order valence-corrected chi connectivity index (χ0v) is 3.18. The Hall–Kier alpha value is -0.860. The van der Waals surface area contributed by atoms with Gasteiger partial charge in [-0.15, -0.1) is 5.10 Å². The van der Waals surface area contributed by atoms with Crippen LogP contribution >= 0.6 is 0 Å². The molecule has 0 saturated carbocycles. The molecule has 3 nitrogen and oxygen atoms in total. The first-order valence-electron chi connectivity index (χ1n) is 1.69. The van der Waals surface area contributed by atoms with E-state index in [2.05, 4.69) is 21.9 Å². The zero-order valence-electron chi connectivity index (χ0n) is 3.18. The van der Waals surface area contributed by atoms with Gasteiger partial charge in [-0.3, -0.25) is 0 Å². The molecule has 0 bridgehead atoms. The smallest absolute Gasteiger partial charge is 0.193 e. The van der Waals surface area contributed by atoms with Crippen molar-refractivity contribution in [3.05, 3.63) is 0 Å². The van der Waals surface area contributed by atoms with Crippen LogP contribution in [0, 0.1) is 0 Å². The molecule has 3 heteroatoms. The Bertz CT molecular complexity index is 72.0. The lowest BCUT2D eigenvalue weighted by molar-refractivity contribution is 1.05. The van der Waals surface area contributed by atoms with Crippen molar-refractivity contribution < 1.29 is 0 Å². The summed E-state index contributed by atoms with van der Waals surface area (Å²) in [5.74, 6) is 0. The molecule has 0 fully saturated rings. The van der Waals surface area contributed by atoms with Crippen LogP contribution in [0.5, 0.6) is 0 Å². The van der Waals surface area contributed by atoms with Crippen LogP contribution in [-0.2, 0) is 0 Å². The normalized spacial score (nSPS) is 17.3. The fourth-order valence-corrected chi connectivity index (χ4v) is 0.237. The van der Waals surface area contributed by atoms with E-state index < -0.39 is 0 Å². The lowest BCUT2D eigenvalue weighted by Crippen LogP contribution is -2.15. The highest BCUT2D eigenvalue weighted by molar-refractivity contribution is 5.69. The molecule has 0 spiro atoms. The Labute approximate surface area is 35.8 Å². The maximum atomic E-state index is 3.50. The van der Waals surface area contributed by atoms with Gasteiger partial charge in [0.25, 0.3) is 0 Å². The Morgan fingerprint density at radius 3 is 3.00 bits per heavy atom. The monoisotopic (exact) mass is 82.0 g/mol. The molecule has 1 aliphatic heterocycles. The van der Waals surface area contributed by atoms with Gasteiger partial charge in [0.05, 0.1) is 6.54 Å². The molecular formula is C3H4N3. The van der Waals surface area contributed by atoms with Gasteiger partial charge in [0.1, 0.15) is 0 Å². The Balaban J connectivity index is 2.46. The molecule has 0 aromatic rings. The summed E-state index contributed by atoms with van der Waals surface area (Å²) in [6, 6.07) is 0. The molecule has 1 rings (SSSR count). The summed E-state index contributed by atoms with van der Waals surface area (Å²) in [5, 5.41) is 9.61. The van der Waals surface area contributed by atoms with Gasteiger partial charge in [0, 0.05) is 6.21 Å². The van der Waals surface area contributed by atoms with E-state index in [9.17, 15) is 0 Å². The van der Waals surface area contributed by atoms with E-state index in [-0.39, 0.29) is 0 Å². The lowest BCUT2D eigenvalue weighted by Gasteiger charge is -1.90. The van der Waals surface area contributed by atoms with E-state index in [1.165, 1.54) is 0 Å².